The first-order valence-electron chi connectivity index (χ1n) is 4.97. The first-order valence-corrected chi connectivity index (χ1v) is 5.76. The second-order valence-electron chi connectivity index (χ2n) is 3.86. The SMILES string of the molecule is Cn1c(=O)n(C)c2cc(C(=O)C(=O)O)c(Br)cc21. The molecule has 1 N–H and O–H groups in total. The van der Waals surface area contributed by atoms with E-state index in [9.17, 15) is 14.4 Å². The Morgan fingerprint density at radius 1 is 1.17 bits per heavy atom. The molecular weight excluding hydrogens is 304 g/mol. The maximum atomic E-state index is 11.7. The van der Waals surface area contributed by atoms with Crippen LogP contribution in [0.4, 0.5) is 0 Å². The highest BCUT2D eigenvalue weighted by Crippen LogP contribution is 2.24. The van der Waals surface area contributed by atoms with Crippen LogP contribution < -0.4 is 5.69 Å². The zero-order valence-corrected chi connectivity index (χ0v) is 11.2. The Morgan fingerprint density at radius 2 is 1.67 bits per heavy atom. The number of aromatic nitrogens is 2. The smallest absolute Gasteiger partial charge is 0.377 e. The number of hydrogen-bond donors (Lipinski definition) is 1. The summed E-state index contributed by atoms with van der Waals surface area (Å²) in [4.78, 5) is 33.9. The fourth-order valence-corrected chi connectivity index (χ4v) is 2.32. The molecule has 0 saturated heterocycles. The summed E-state index contributed by atoms with van der Waals surface area (Å²) in [6, 6.07) is 2.96. The third-order valence-corrected chi connectivity index (χ3v) is 3.46. The first kappa shape index (κ1) is 12.6. The van der Waals surface area contributed by atoms with Gasteiger partial charge in [0.25, 0.3) is 5.78 Å². The number of nitrogens with zero attached hydrogens (tertiary/aromatic N) is 2. The van der Waals surface area contributed by atoms with E-state index in [0.29, 0.717) is 15.5 Å². The number of imidazole rings is 1. The molecule has 0 fully saturated rings. The molecule has 0 atom stereocenters. The molecule has 0 amide bonds. The zero-order chi connectivity index (χ0) is 13.6. The number of aryl methyl sites for hydroxylation is 2. The first-order chi connectivity index (χ1) is 8.34. The molecule has 7 heteroatoms. The normalized spacial score (nSPS) is 10.8. The predicted molar refractivity (Wildman–Crippen MR) is 67.8 cm³/mol. The Morgan fingerprint density at radius 3 is 2.17 bits per heavy atom. The monoisotopic (exact) mass is 312 g/mol. The molecule has 0 spiro atoms. The summed E-state index contributed by atoms with van der Waals surface area (Å²) in [7, 11) is 3.17. The lowest BCUT2D eigenvalue weighted by Crippen LogP contribution is -2.19. The molecule has 18 heavy (non-hydrogen) atoms. The number of carbonyl (C=O) groups is 2. The Labute approximate surface area is 110 Å². The quantitative estimate of drug-likeness (QED) is 0.660. The Balaban J connectivity index is 2.85. The van der Waals surface area contributed by atoms with Crippen molar-refractivity contribution >= 4 is 38.7 Å². The van der Waals surface area contributed by atoms with Crippen molar-refractivity contribution in [2.24, 2.45) is 14.1 Å². The van der Waals surface area contributed by atoms with Gasteiger partial charge in [0, 0.05) is 24.1 Å². The van der Waals surface area contributed by atoms with Crippen molar-refractivity contribution in [2.45, 2.75) is 0 Å². The van der Waals surface area contributed by atoms with Gasteiger partial charge in [-0.05, 0) is 28.1 Å². The number of halogens is 1. The van der Waals surface area contributed by atoms with Crippen LogP contribution in [0, 0.1) is 0 Å². The van der Waals surface area contributed by atoms with Gasteiger partial charge in [-0.2, -0.15) is 0 Å². The highest BCUT2D eigenvalue weighted by atomic mass is 79.9. The fraction of sp³-hybridized carbons (Fsp3) is 0.182. The van der Waals surface area contributed by atoms with Gasteiger partial charge >= 0.3 is 11.7 Å². The molecule has 0 saturated carbocycles. The van der Waals surface area contributed by atoms with Gasteiger partial charge in [0.1, 0.15) is 0 Å². The fourth-order valence-electron chi connectivity index (χ4n) is 1.81. The lowest BCUT2D eigenvalue weighted by molar-refractivity contribution is -0.131. The van der Waals surface area contributed by atoms with E-state index in [2.05, 4.69) is 15.9 Å². The van der Waals surface area contributed by atoms with Gasteiger partial charge in [-0.15, -0.1) is 0 Å². The maximum Gasteiger partial charge on any atom is 0.377 e. The molecule has 0 bridgehead atoms. The summed E-state index contributed by atoms with van der Waals surface area (Å²) in [6.07, 6.45) is 0. The number of rotatable bonds is 2. The Bertz CT molecular complexity index is 742. The highest BCUT2D eigenvalue weighted by molar-refractivity contribution is 9.10. The number of aliphatic carboxylic acids is 1. The summed E-state index contributed by atoms with van der Waals surface area (Å²) >= 11 is 3.15. The molecule has 0 unspecified atom stereocenters. The zero-order valence-electron chi connectivity index (χ0n) is 9.60. The summed E-state index contributed by atoms with van der Waals surface area (Å²) in [6.45, 7) is 0. The van der Waals surface area contributed by atoms with Gasteiger partial charge in [-0.3, -0.25) is 13.9 Å². The number of carbonyl (C=O) groups excluding carboxylic acids is 1. The molecule has 0 radical (unpaired) electrons. The molecule has 2 rings (SSSR count). The van der Waals surface area contributed by atoms with Crippen molar-refractivity contribution < 1.29 is 14.7 Å². The second kappa shape index (κ2) is 4.09. The van der Waals surface area contributed by atoms with Crippen LogP contribution in [-0.4, -0.2) is 26.0 Å². The van der Waals surface area contributed by atoms with E-state index in [0.717, 1.165) is 0 Å². The standard InChI is InChI=1S/C11H9BrN2O4/c1-13-7-3-5(9(15)10(16)17)6(12)4-8(7)14(2)11(13)18/h3-4H,1-2H3,(H,16,17). The van der Waals surface area contributed by atoms with Gasteiger partial charge in [0.2, 0.25) is 0 Å². The van der Waals surface area contributed by atoms with Gasteiger partial charge in [0.05, 0.1) is 11.0 Å². The minimum atomic E-state index is -1.53. The van der Waals surface area contributed by atoms with E-state index in [1.54, 1.807) is 20.2 Å². The Hall–Kier alpha value is -1.89. The van der Waals surface area contributed by atoms with E-state index in [4.69, 9.17) is 5.11 Å². The minimum Gasteiger partial charge on any atom is -0.475 e. The van der Waals surface area contributed by atoms with E-state index in [-0.39, 0.29) is 11.3 Å². The molecule has 2 aromatic rings. The van der Waals surface area contributed by atoms with Crippen molar-refractivity contribution in [1.82, 2.24) is 9.13 Å². The molecule has 1 heterocycles. The topological polar surface area (TPSA) is 81.3 Å². The minimum absolute atomic E-state index is 0.0243. The molecule has 1 aromatic carbocycles. The van der Waals surface area contributed by atoms with Gasteiger partial charge in [-0.1, -0.05) is 0 Å². The summed E-state index contributed by atoms with van der Waals surface area (Å²) < 4.78 is 3.14. The third kappa shape index (κ3) is 1.67. The van der Waals surface area contributed by atoms with E-state index in [1.165, 1.54) is 15.2 Å². The number of carboxylic acids is 1. The van der Waals surface area contributed by atoms with Crippen molar-refractivity contribution in [3.63, 3.8) is 0 Å². The molecule has 6 nitrogen and oxygen atoms in total. The van der Waals surface area contributed by atoms with Crippen LogP contribution in [0.3, 0.4) is 0 Å². The third-order valence-electron chi connectivity index (χ3n) is 2.80. The molecule has 1 aromatic heterocycles. The average Bonchev–Trinajstić information content (AvgIpc) is 2.53. The van der Waals surface area contributed by atoms with Crippen LogP contribution in [0.25, 0.3) is 11.0 Å². The number of ketones is 1. The second-order valence-corrected chi connectivity index (χ2v) is 4.71. The van der Waals surface area contributed by atoms with Crippen LogP contribution in [-0.2, 0) is 18.9 Å². The van der Waals surface area contributed by atoms with Gasteiger partial charge in [0.15, 0.2) is 0 Å². The number of carboxylic acid groups (broad SMARTS) is 1. The highest BCUT2D eigenvalue weighted by Gasteiger charge is 2.20. The molecule has 94 valence electrons. The van der Waals surface area contributed by atoms with Gasteiger partial charge < -0.3 is 5.11 Å². The lowest BCUT2D eigenvalue weighted by Gasteiger charge is -2.02. The van der Waals surface area contributed by atoms with Crippen molar-refractivity contribution in [2.75, 3.05) is 0 Å². The predicted octanol–water partition coefficient (Wildman–Crippen LogP) is 0.907. The van der Waals surface area contributed by atoms with Gasteiger partial charge in [-0.25, -0.2) is 9.59 Å². The summed E-state index contributed by atoms with van der Waals surface area (Å²) in [5.74, 6) is -2.55. The molecule has 0 aliphatic rings. The van der Waals surface area contributed by atoms with Crippen molar-refractivity contribution in [3.05, 3.63) is 32.7 Å². The van der Waals surface area contributed by atoms with Crippen LogP contribution in [0.5, 0.6) is 0 Å². The van der Waals surface area contributed by atoms with Crippen LogP contribution in [0.2, 0.25) is 0 Å². The number of Topliss-reactive ketones (excluding diaryl/α,β-unsaturated/α-hetero) is 1. The molecular formula is C11H9BrN2O4. The van der Waals surface area contributed by atoms with E-state index < -0.39 is 11.8 Å². The van der Waals surface area contributed by atoms with Crippen molar-refractivity contribution in [3.8, 4) is 0 Å². The summed E-state index contributed by atoms with van der Waals surface area (Å²) in [5, 5.41) is 8.72. The summed E-state index contributed by atoms with van der Waals surface area (Å²) in [5.41, 5.74) is 0.916. The molecule has 0 aliphatic heterocycles. The molecule has 0 aliphatic carbocycles. The number of fused-ring (bicyclic) bond motifs is 1. The van der Waals surface area contributed by atoms with E-state index >= 15 is 0 Å². The van der Waals surface area contributed by atoms with Crippen LogP contribution in [0.15, 0.2) is 21.4 Å². The van der Waals surface area contributed by atoms with Crippen LogP contribution >= 0.6 is 15.9 Å². The number of hydrogen-bond acceptors (Lipinski definition) is 3. The van der Waals surface area contributed by atoms with Crippen molar-refractivity contribution in [1.29, 1.82) is 0 Å². The van der Waals surface area contributed by atoms with Crippen LogP contribution in [0.1, 0.15) is 10.4 Å². The van der Waals surface area contributed by atoms with E-state index in [1.807, 2.05) is 0 Å². The largest absolute Gasteiger partial charge is 0.475 e. The number of benzene rings is 1. The maximum absolute atomic E-state index is 11.7. The average molecular weight is 313 g/mol. The Kier molecular flexibility index (Phi) is 2.86. The lowest BCUT2D eigenvalue weighted by atomic mass is 10.1.